The second kappa shape index (κ2) is 7.33. The fourth-order valence-corrected chi connectivity index (χ4v) is 6.95. The van der Waals surface area contributed by atoms with Crippen LogP contribution in [0.1, 0.15) is 62.5 Å². The standard InChI is InChI=1S/C24H33N3O2/c1-16-4-5-21-20(9-16)3-2-8-27(21)22(28)6-7-25-23(29)26-24-13-17-10-18(14-24)12-19(11-17)15-24/h4-5,9,17-19H,2-3,6-8,10-15H2,1H3,(H2,25,26,29). The molecule has 0 radical (unpaired) electrons. The molecule has 0 atom stereocenters. The lowest BCUT2D eigenvalue weighted by Crippen LogP contribution is -2.61. The first kappa shape index (κ1) is 19.0. The molecule has 0 unspecified atom stereocenters. The number of carbonyl (C=O) groups excluding carboxylic acids is 2. The summed E-state index contributed by atoms with van der Waals surface area (Å²) in [5.41, 5.74) is 3.56. The summed E-state index contributed by atoms with van der Waals surface area (Å²) in [6.45, 7) is 3.26. The van der Waals surface area contributed by atoms with Gasteiger partial charge in [0.25, 0.3) is 0 Å². The lowest BCUT2D eigenvalue weighted by molar-refractivity contribution is -0.118. The molecule has 2 N–H and O–H groups in total. The largest absolute Gasteiger partial charge is 0.338 e. The summed E-state index contributed by atoms with van der Waals surface area (Å²) in [4.78, 5) is 27.3. The monoisotopic (exact) mass is 395 g/mol. The number of anilines is 1. The minimum atomic E-state index is -0.0885. The second-order valence-corrected chi connectivity index (χ2v) is 10.1. The Bertz CT molecular complexity index is 783. The molecule has 4 saturated carbocycles. The molecule has 5 heteroatoms. The summed E-state index contributed by atoms with van der Waals surface area (Å²) >= 11 is 0. The van der Waals surface area contributed by atoms with Crippen molar-refractivity contribution in [2.75, 3.05) is 18.0 Å². The Morgan fingerprint density at radius 1 is 1.10 bits per heavy atom. The van der Waals surface area contributed by atoms with Gasteiger partial charge in [0.15, 0.2) is 0 Å². The van der Waals surface area contributed by atoms with Gasteiger partial charge in [-0.3, -0.25) is 4.79 Å². The van der Waals surface area contributed by atoms with Gasteiger partial charge in [0.2, 0.25) is 5.91 Å². The van der Waals surface area contributed by atoms with Crippen LogP contribution in [0.15, 0.2) is 18.2 Å². The van der Waals surface area contributed by atoms with Crippen LogP contribution in [-0.2, 0) is 11.2 Å². The van der Waals surface area contributed by atoms with Gasteiger partial charge in [-0.15, -0.1) is 0 Å². The molecule has 1 aromatic carbocycles. The van der Waals surface area contributed by atoms with E-state index < -0.39 is 0 Å². The number of fused-ring (bicyclic) bond motifs is 1. The lowest BCUT2D eigenvalue weighted by atomic mass is 9.53. The maximum absolute atomic E-state index is 12.8. The Balaban J connectivity index is 1.13. The number of hydrogen-bond acceptors (Lipinski definition) is 2. The summed E-state index contributed by atoms with van der Waals surface area (Å²) in [5, 5.41) is 6.29. The molecule has 3 amide bonds. The van der Waals surface area contributed by atoms with E-state index in [1.165, 1.54) is 30.4 Å². The molecule has 4 bridgehead atoms. The molecule has 6 rings (SSSR count). The highest BCUT2D eigenvalue weighted by Crippen LogP contribution is 2.55. The molecule has 1 aliphatic heterocycles. The summed E-state index contributed by atoms with van der Waals surface area (Å²) in [5.74, 6) is 2.53. The molecule has 29 heavy (non-hydrogen) atoms. The lowest BCUT2D eigenvalue weighted by Gasteiger charge is -2.56. The fraction of sp³-hybridized carbons (Fsp3) is 0.667. The van der Waals surface area contributed by atoms with Crippen LogP contribution in [-0.4, -0.2) is 30.6 Å². The van der Waals surface area contributed by atoms with Crippen molar-refractivity contribution in [3.63, 3.8) is 0 Å². The average molecular weight is 396 g/mol. The molecule has 0 saturated heterocycles. The maximum Gasteiger partial charge on any atom is 0.315 e. The van der Waals surface area contributed by atoms with E-state index in [9.17, 15) is 9.59 Å². The number of rotatable bonds is 4. The molecule has 0 aromatic heterocycles. The van der Waals surface area contributed by atoms with Gasteiger partial charge in [-0.2, -0.15) is 0 Å². The topological polar surface area (TPSA) is 61.4 Å². The molecule has 1 heterocycles. The Morgan fingerprint density at radius 3 is 2.48 bits per heavy atom. The quantitative estimate of drug-likeness (QED) is 0.811. The first-order valence-electron chi connectivity index (χ1n) is 11.5. The average Bonchev–Trinajstić information content (AvgIpc) is 2.65. The molecular formula is C24H33N3O2. The van der Waals surface area contributed by atoms with Crippen LogP contribution in [0, 0.1) is 24.7 Å². The fourth-order valence-electron chi connectivity index (χ4n) is 6.95. The van der Waals surface area contributed by atoms with Gasteiger partial charge in [-0.25, -0.2) is 4.79 Å². The van der Waals surface area contributed by atoms with Crippen molar-refractivity contribution in [1.82, 2.24) is 10.6 Å². The van der Waals surface area contributed by atoms with Crippen LogP contribution in [0.2, 0.25) is 0 Å². The smallest absolute Gasteiger partial charge is 0.315 e. The zero-order chi connectivity index (χ0) is 20.0. The third kappa shape index (κ3) is 3.76. The van der Waals surface area contributed by atoms with E-state index in [0.29, 0.717) is 13.0 Å². The zero-order valence-electron chi connectivity index (χ0n) is 17.5. The van der Waals surface area contributed by atoms with Gasteiger partial charge in [0, 0.05) is 30.7 Å². The minimum Gasteiger partial charge on any atom is -0.338 e. The van der Waals surface area contributed by atoms with Crippen molar-refractivity contribution < 1.29 is 9.59 Å². The maximum atomic E-state index is 12.8. The second-order valence-electron chi connectivity index (χ2n) is 10.1. The number of amides is 3. The van der Waals surface area contributed by atoms with Crippen molar-refractivity contribution in [1.29, 1.82) is 0 Å². The van der Waals surface area contributed by atoms with Gasteiger partial charge in [-0.1, -0.05) is 17.7 Å². The minimum absolute atomic E-state index is 0.0203. The highest BCUT2D eigenvalue weighted by atomic mass is 16.2. The summed E-state index contributed by atoms with van der Waals surface area (Å²) in [6, 6.07) is 6.23. The first-order valence-corrected chi connectivity index (χ1v) is 11.5. The van der Waals surface area contributed by atoms with E-state index in [1.807, 2.05) is 4.90 Å². The number of urea groups is 1. The number of nitrogens with zero attached hydrogens (tertiary/aromatic N) is 1. The van der Waals surface area contributed by atoms with Crippen molar-refractivity contribution in [3.05, 3.63) is 29.3 Å². The van der Waals surface area contributed by atoms with Gasteiger partial charge in [0.05, 0.1) is 0 Å². The molecule has 5 aliphatic rings. The summed E-state index contributed by atoms with van der Waals surface area (Å²) in [6.07, 6.45) is 9.94. The van der Waals surface area contributed by atoms with Crippen LogP contribution < -0.4 is 15.5 Å². The third-order valence-electron chi connectivity index (χ3n) is 7.70. The molecule has 0 spiro atoms. The SMILES string of the molecule is Cc1ccc2c(c1)CCCN2C(=O)CCNC(=O)NC12CC3CC(CC(C3)C1)C2. The molecule has 4 aliphatic carbocycles. The zero-order valence-corrected chi connectivity index (χ0v) is 17.5. The Morgan fingerprint density at radius 2 is 1.79 bits per heavy atom. The van der Waals surface area contributed by atoms with Crippen molar-refractivity contribution in [2.45, 2.75) is 70.3 Å². The van der Waals surface area contributed by atoms with Crippen LogP contribution >= 0.6 is 0 Å². The Hall–Kier alpha value is -2.04. The molecule has 4 fully saturated rings. The van der Waals surface area contributed by atoms with Gasteiger partial charge in [0.1, 0.15) is 0 Å². The predicted molar refractivity (Wildman–Crippen MR) is 114 cm³/mol. The van der Waals surface area contributed by atoms with Crippen LogP contribution in [0.5, 0.6) is 0 Å². The van der Waals surface area contributed by atoms with Crippen LogP contribution in [0.3, 0.4) is 0 Å². The number of aryl methyl sites for hydroxylation is 2. The highest BCUT2D eigenvalue weighted by molar-refractivity contribution is 5.95. The molecular weight excluding hydrogens is 362 g/mol. The van der Waals surface area contributed by atoms with E-state index in [1.54, 1.807) is 0 Å². The predicted octanol–water partition coefficient (Wildman–Crippen LogP) is 3.93. The number of benzene rings is 1. The highest BCUT2D eigenvalue weighted by Gasteiger charge is 2.51. The molecule has 5 nitrogen and oxygen atoms in total. The van der Waals surface area contributed by atoms with Gasteiger partial charge < -0.3 is 15.5 Å². The van der Waals surface area contributed by atoms with E-state index in [2.05, 4.69) is 35.8 Å². The molecule has 1 aromatic rings. The summed E-state index contributed by atoms with van der Waals surface area (Å²) in [7, 11) is 0. The van der Waals surface area contributed by atoms with Crippen LogP contribution in [0.25, 0.3) is 0 Å². The van der Waals surface area contributed by atoms with E-state index in [-0.39, 0.29) is 17.5 Å². The van der Waals surface area contributed by atoms with E-state index in [4.69, 9.17) is 0 Å². The number of nitrogens with one attached hydrogen (secondary N) is 2. The van der Waals surface area contributed by atoms with E-state index >= 15 is 0 Å². The van der Waals surface area contributed by atoms with Gasteiger partial charge in [-0.05, 0) is 87.7 Å². The Kier molecular flexibility index (Phi) is 4.79. The number of carbonyl (C=O) groups is 2. The normalized spacial score (nSPS) is 32.0. The Labute approximate surface area is 173 Å². The third-order valence-corrected chi connectivity index (χ3v) is 7.70. The van der Waals surface area contributed by atoms with E-state index in [0.717, 1.165) is 62.1 Å². The van der Waals surface area contributed by atoms with Crippen molar-refractivity contribution in [3.8, 4) is 0 Å². The molecule has 156 valence electrons. The van der Waals surface area contributed by atoms with Crippen LogP contribution in [0.4, 0.5) is 10.5 Å². The summed E-state index contributed by atoms with van der Waals surface area (Å²) < 4.78 is 0. The van der Waals surface area contributed by atoms with Crippen molar-refractivity contribution >= 4 is 17.6 Å². The first-order chi connectivity index (χ1) is 14.0. The number of hydrogen-bond donors (Lipinski definition) is 2. The van der Waals surface area contributed by atoms with Gasteiger partial charge >= 0.3 is 6.03 Å². The van der Waals surface area contributed by atoms with Crippen molar-refractivity contribution in [2.24, 2.45) is 17.8 Å².